The van der Waals surface area contributed by atoms with Crippen molar-refractivity contribution in [1.29, 1.82) is 5.26 Å². The van der Waals surface area contributed by atoms with Crippen LogP contribution in [0, 0.1) is 11.3 Å². The molecule has 0 radical (unpaired) electrons. The van der Waals surface area contributed by atoms with Crippen molar-refractivity contribution in [3.63, 3.8) is 0 Å². The molecule has 0 aliphatic heterocycles. The summed E-state index contributed by atoms with van der Waals surface area (Å²) in [7, 11) is 1.62. The van der Waals surface area contributed by atoms with Crippen molar-refractivity contribution in [2.75, 3.05) is 7.11 Å². The topological polar surface area (TPSA) is 45.9 Å². The summed E-state index contributed by atoms with van der Waals surface area (Å²) in [6.07, 6.45) is 1.76. The van der Waals surface area contributed by atoms with Gasteiger partial charge < -0.3 is 4.74 Å². The molecule has 0 atom stereocenters. The predicted octanol–water partition coefficient (Wildman–Crippen LogP) is 5.02. The van der Waals surface area contributed by atoms with Crippen molar-refractivity contribution in [2.45, 2.75) is 0 Å². The third kappa shape index (κ3) is 2.82. The third-order valence-corrected chi connectivity index (χ3v) is 4.42. The van der Waals surface area contributed by atoms with Crippen molar-refractivity contribution >= 4 is 45.5 Å². The number of fused-ring (bicyclic) bond motifs is 1. The molecule has 0 spiro atoms. The van der Waals surface area contributed by atoms with Crippen LogP contribution in [0.5, 0.6) is 5.75 Å². The number of aromatic nitrogens is 1. The zero-order valence-corrected chi connectivity index (χ0v) is 13.3. The smallest absolute Gasteiger partial charge is 0.137 e. The van der Waals surface area contributed by atoms with Crippen LogP contribution in [-0.2, 0) is 0 Å². The first kappa shape index (κ1) is 14.6. The maximum atomic E-state index is 9.35. The minimum Gasteiger partial charge on any atom is -0.497 e. The molecule has 2 heterocycles. The van der Waals surface area contributed by atoms with Gasteiger partial charge in [0.05, 0.1) is 18.2 Å². The first-order valence-corrected chi connectivity index (χ1v) is 7.77. The lowest BCUT2D eigenvalue weighted by molar-refractivity contribution is 0.415. The average Bonchev–Trinajstić information content (AvgIpc) is 3.06. The van der Waals surface area contributed by atoms with Crippen LogP contribution >= 0.6 is 22.9 Å². The monoisotopic (exact) mass is 326 g/mol. The Balaban J connectivity index is 2.14. The summed E-state index contributed by atoms with van der Waals surface area (Å²) in [6, 6.07) is 13.5. The van der Waals surface area contributed by atoms with E-state index in [0.717, 1.165) is 21.5 Å². The predicted molar refractivity (Wildman–Crippen MR) is 91.1 cm³/mol. The molecular formula is C17H11ClN2OS. The van der Waals surface area contributed by atoms with Gasteiger partial charge in [-0.1, -0.05) is 17.7 Å². The average molecular weight is 327 g/mol. The summed E-state index contributed by atoms with van der Waals surface area (Å²) in [4.78, 5) is 5.29. The van der Waals surface area contributed by atoms with Crippen LogP contribution in [0.25, 0.3) is 22.6 Å². The van der Waals surface area contributed by atoms with Gasteiger partial charge in [0.25, 0.3) is 0 Å². The van der Waals surface area contributed by atoms with Gasteiger partial charge in [-0.25, -0.2) is 4.98 Å². The second-order valence-corrected chi connectivity index (χ2v) is 5.88. The summed E-state index contributed by atoms with van der Waals surface area (Å²) < 4.78 is 5.23. The lowest BCUT2D eigenvalue weighted by Gasteiger charge is -2.05. The van der Waals surface area contributed by atoms with E-state index in [2.05, 4.69) is 11.1 Å². The van der Waals surface area contributed by atoms with E-state index in [1.54, 1.807) is 13.2 Å². The van der Waals surface area contributed by atoms with Crippen molar-refractivity contribution in [1.82, 2.24) is 4.98 Å². The van der Waals surface area contributed by atoms with E-state index in [9.17, 15) is 5.26 Å². The molecule has 22 heavy (non-hydrogen) atoms. The Labute approximate surface area is 137 Å². The number of methoxy groups -OCH3 is 1. The van der Waals surface area contributed by atoms with Gasteiger partial charge in [0.15, 0.2) is 0 Å². The fourth-order valence-corrected chi connectivity index (χ4v) is 3.01. The highest BCUT2D eigenvalue weighted by atomic mass is 35.5. The fraction of sp³-hybridized carbons (Fsp3) is 0.0588. The number of nitrogens with zero attached hydrogens (tertiary/aromatic N) is 2. The van der Waals surface area contributed by atoms with Gasteiger partial charge in [-0.15, -0.1) is 11.3 Å². The SMILES string of the molecule is COc1ccc2nc(Cl)c(C=C(C#N)c3cccs3)cc2c1. The number of ether oxygens (including phenoxy) is 1. The number of hydrogen-bond acceptors (Lipinski definition) is 4. The number of rotatable bonds is 3. The Morgan fingerprint density at radius 1 is 1.36 bits per heavy atom. The van der Waals surface area contributed by atoms with E-state index in [1.807, 2.05) is 41.8 Å². The molecule has 0 saturated heterocycles. The molecule has 3 nitrogen and oxygen atoms in total. The number of hydrogen-bond donors (Lipinski definition) is 0. The van der Waals surface area contributed by atoms with E-state index in [0.29, 0.717) is 16.3 Å². The normalized spacial score (nSPS) is 11.4. The molecule has 0 unspecified atom stereocenters. The number of nitriles is 1. The van der Waals surface area contributed by atoms with Crippen LogP contribution < -0.4 is 4.74 Å². The van der Waals surface area contributed by atoms with Crippen LogP contribution in [-0.4, -0.2) is 12.1 Å². The van der Waals surface area contributed by atoms with E-state index in [4.69, 9.17) is 16.3 Å². The summed E-state index contributed by atoms with van der Waals surface area (Å²) in [5, 5.41) is 12.6. The van der Waals surface area contributed by atoms with Gasteiger partial charge in [0, 0.05) is 15.8 Å². The zero-order valence-electron chi connectivity index (χ0n) is 11.7. The van der Waals surface area contributed by atoms with E-state index in [1.165, 1.54) is 11.3 Å². The third-order valence-electron chi connectivity index (χ3n) is 3.21. The lowest BCUT2D eigenvalue weighted by atomic mass is 10.1. The Bertz CT molecular complexity index is 895. The number of thiophene rings is 1. The minimum absolute atomic E-state index is 0.377. The number of halogens is 1. The second kappa shape index (κ2) is 6.18. The molecule has 108 valence electrons. The molecule has 2 aromatic heterocycles. The molecule has 5 heteroatoms. The van der Waals surface area contributed by atoms with Crippen LogP contribution in [0.4, 0.5) is 0 Å². The largest absolute Gasteiger partial charge is 0.497 e. The van der Waals surface area contributed by atoms with E-state index >= 15 is 0 Å². The highest BCUT2D eigenvalue weighted by Crippen LogP contribution is 2.28. The summed E-state index contributed by atoms with van der Waals surface area (Å²) in [5.74, 6) is 0.755. The minimum atomic E-state index is 0.377. The lowest BCUT2D eigenvalue weighted by Crippen LogP contribution is -1.88. The van der Waals surface area contributed by atoms with Crippen LogP contribution in [0.1, 0.15) is 10.4 Å². The number of benzene rings is 1. The number of allylic oxidation sites excluding steroid dienone is 1. The van der Waals surface area contributed by atoms with E-state index < -0.39 is 0 Å². The summed E-state index contributed by atoms with van der Waals surface area (Å²) in [5.41, 5.74) is 2.07. The molecule has 0 aliphatic rings. The first-order valence-electron chi connectivity index (χ1n) is 6.51. The molecule has 0 aliphatic carbocycles. The Kier molecular flexibility index (Phi) is 4.10. The van der Waals surface area contributed by atoms with Gasteiger partial charge in [0.2, 0.25) is 0 Å². The molecule has 3 aromatic rings. The van der Waals surface area contributed by atoms with Crippen LogP contribution in [0.15, 0.2) is 41.8 Å². The van der Waals surface area contributed by atoms with Crippen molar-refractivity contribution in [3.8, 4) is 11.8 Å². The van der Waals surface area contributed by atoms with Gasteiger partial charge in [-0.2, -0.15) is 5.26 Å². The molecule has 0 bridgehead atoms. The zero-order chi connectivity index (χ0) is 15.5. The molecule has 3 rings (SSSR count). The molecule has 0 saturated carbocycles. The summed E-state index contributed by atoms with van der Waals surface area (Å²) >= 11 is 7.76. The molecule has 0 N–H and O–H groups in total. The maximum Gasteiger partial charge on any atom is 0.137 e. The second-order valence-electron chi connectivity index (χ2n) is 4.57. The highest BCUT2D eigenvalue weighted by Gasteiger charge is 2.08. The van der Waals surface area contributed by atoms with E-state index in [-0.39, 0.29) is 0 Å². The molecular weight excluding hydrogens is 316 g/mol. The fourth-order valence-electron chi connectivity index (χ4n) is 2.12. The summed E-state index contributed by atoms with van der Waals surface area (Å²) in [6.45, 7) is 0. The molecule has 0 fully saturated rings. The Hall–Kier alpha value is -2.35. The number of pyridine rings is 1. The highest BCUT2D eigenvalue weighted by molar-refractivity contribution is 7.11. The molecule has 1 aromatic carbocycles. The van der Waals surface area contributed by atoms with Gasteiger partial charge >= 0.3 is 0 Å². The van der Waals surface area contributed by atoms with Gasteiger partial charge in [-0.3, -0.25) is 0 Å². The quantitative estimate of drug-likeness (QED) is 0.501. The Morgan fingerprint density at radius 2 is 2.23 bits per heavy atom. The van der Waals surface area contributed by atoms with Gasteiger partial charge in [-0.05, 0) is 41.8 Å². The molecule has 0 amide bonds. The standard InChI is InChI=1S/C17H11ClN2OS/c1-21-14-4-5-15-11(9-14)7-12(17(18)20-15)8-13(10-19)16-3-2-6-22-16/h2-9H,1H3. The van der Waals surface area contributed by atoms with Crippen molar-refractivity contribution < 1.29 is 4.74 Å². The van der Waals surface area contributed by atoms with Crippen LogP contribution in [0.3, 0.4) is 0 Å². The Morgan fingerprint density at radius 3 is 2.91 bits per heavy atom. The van der Waals surface area contributed by atoms with Crippen LogP contribution in [0.2, 0.25) is 5.15 Å². The maximum absolute atomic E-state index is 9.35. The van der Waals surface area contributed by atoms with Crippen molar-refractivity contribution in [2.24, 2.45) is 0 Å². The van der Waals surface area contributed by atoms with Gasteiger partial charge in [0.1, 0.15) is 17.0 Å². The van der Waals surface area contributed by atoms with Crippen molar-refractivity contribution in [3.05, 3.63) is 57.4 Å². The first-order chi connectivity index (χ1) is 10.7.